The minimum atomic E-state index is 0.800. The average Bonchev–Trinajstić information content (AvgIpc) is 2.54. The van der Waals surface area contributed by atoms with E-state index >= 15 is 0 Å². The van der Waals surface area contributed by atoms with Gasteiger partial charge in [-0.25, -0.2) is 0 Å². The summed E-state index contributed by atoms with van der Waals surface area (Å²) < 4.78 is 2.05. The Morgan fingerprint density at radius 2 is 1.92 bits per heavy atom. The molecule has 0 saturated carbocycles. The smallest absolute Gasteiger partial charge is 0.119 e. The summed E-state index contributed by atoms with van der Waals surface area (Å²) in [4.78, 5) is 0. The third-order valence-corrected chi connectivity index (χ3v) is 3.07. The van der Waals surface area contributed by atoms with Crippen LogP contribution in [0.5, 0.6) is 0 Å². The van der Waals surface area contributed by atoms with Crippen LogP contribution in [0.1, 0.15) is 5.56 Å². The molecule has 2 rings (SSSR count). The molecule has 1 nitrogen and oxygen atoms in total. The van der Waals surface area contributed by atoms with E-state index in [2.05, 4.69) is 16.1 Å². The first kappa shape index (κ1) is 8.73. The molecule has 0 fully saturated rings. The van der Waals surface area contributed by atoms with Crippen LogP contribution in [0, 0.1) is 0 Å². The summed E-state index contributed by atoms with van der Waals surface area (Å²) in [6, 6.07) is 12.2. The SMILES string of the molecule is Clc1ccs[n+]1Cc1ccccc1. The Morgan fingerprint density at radius 1 is 1.15 bits per heavy atom. The van der Waals surface area contributed by atoms with Gasteiger partial charge in [0.25, 0.3) is 5.15 Å². The van der Waals surface area contributed by atoms with E-state index in [9.17, 15) is 0 Å². The zero-order chi connectivity index (χ0) is 9.10. The first-order valence-corrected chi connectivity index (χ1v) is 5.25. The minimum absolute atomic E-state index is 0.800. The van der Waals surface area contributed by atoms with Crippen molar-refractivity contribution in [2.24, 2.45) is 0 Å². The predicted molar refractivity (Wildman–Crippen MR) is 55.1 cm³/mol. The highest BCUT2D eigenvalue weighted by atomic mass is 35.5. The molecule has 0 spiro atoms. The van der Waals surface area contributed by atoms with Crippen LogP contribution in [0.25, 0.3) is 0 Å². The molecule has 0 amide bonds. The lowest BCUT2D eigenvalue weighted by Crippen LogP contribution is -2.29. The zero-order valence-corrected chi connectivity index (χ0v) is 8.55. The van der Waals surface area contributed by atoms with Gasteiger partial charge in [-0.1, -0.05) is 30.3 Å². The molecular weight excluding hydrogens is 202 g/mol. The molecule has 3 heteroatoms. The lowest BCUT2D eigenvalue weighted by Gasteiger charge is -1.93. The van der Waals surface area contributed by atoms with Gasteiger partial charge in [-0.3, -0.25) is 0 Å². The highest BCUT2D eigenvalue weighted by molar-refractivity contribution is 6.99. The monoisotopic (exact) mass is 210 g/mol. The number of hydrogen-bond acceptors (Lipinski definition) is 1. The molecule has 0 aliphatic heterocycles. The Hall–Kier alpha value is -0.860. The summed E-state index contributed by atoms with van der Waals surface area (Å²) in [6.45, 7) is 0.858. The topological polar surface area (TPSA) is 3.88 Å². The van der Waals surface area contributed by atoms with Gasteiger partial charge in [-0.15, -0.1) is 3.96 Å². The van der Waals surface area contributed by atoms with E-state index in [-0.39, 0.29) is 0 Å². The maximum Gasteiger partial charge on any atom is 0.289 e. The lowest BCUT2D eigenvalue weighted by molar-refractivity contribution is -0.617. The van der Waals surface area contributed by atoms with Gasteiger partial charge in [-0.2, -0.15) is 0 Å². The molecule has 66 valence electrons. The Labute approximate surface area is 86.4 Å². The molecule has 0 bridgehead atoms. The molecule has 13 heavy (non-hydrogen) atoms. The molecule has 1 aromatic carbocycles. The summed E-state index contributed by atoms with van der Waals surface area (Å²) in [5.41, 5.74) is 1.27. The number of halogens is 1. The number of nitrogens with zero attached hydrogens (tertiary/aromatic N) is 1. The minimum Gasteiger partial charge on any atom is -0.119 e. The van der Waals surface area contributed by atoms with Crippen LogP contribution in [0.2, 0.25) is 5.15 Å². The zero-order valence-electron chi connectivity index (χ0n) is 6.98. The standard InChI is InChI=1S/C10H9ClNS/c11-10-6-7-13-12(10)8-9-4-2-1-3-5-9/h1-7H,8H2/q+1. The van der Waals surface area contributed by atoms with Crippen LogP contribution in [-0.2, 0) is 6.54 Å². The van der Waals surface area contributed by atoms with Crippen LogP contribution in [0.4, 0.5) is 0 Å². The lowest BCUT2D eigenvalue weighted by atomic mass is 10.2. The van der Waals surface area contributed by atoms with Gasteiger partial charge in [-0.05, 0) is 11.6 Å². The molecule has 0 aliphatic carbocycles. The Kier molecular flexibility index (Phi) is 2.62. The fourth-order valence-corrected chi connectivity index (χ4v) is 2.19. The van der Waals surface area contributed by atoms with Crippen molar-refractivity contribution >= 4 is 23.1 Å². The molecule has 1 aromatic heterocycles. The Morgan fingerprint density at radius 3 is 2.54 bits per heavy atom. The van der Waals surface area contributed by atoms with E-state index in [1.54, 1.807) is 11.5 Å². The quantitative estimate of drug-likeness (QED) is 0.672. The second-order valence-corrected chi connectivity index (χ2v) is 4.06. The maximum absolute atomic E-state index is 5.96. The first-order valence-electron chi connectivity index (χ1n) is 4.03. The molecule has 2 aromatic rings. The van der Waals surface area contributed by atoms with Crippen molar-refractivity contribution in [1.82, 2.24) is 0 Å². The van der Waals surface area contributed by atoms with Crippen LogP contribution in [-0.4, -0.2) is 0 Å². The van der Waals surface area contributed by atoms with Gasteiger partial charge in [0.1, 0.15) is 11.5 Å². The number of benzene rings is 1. The van der Waals surface area contributed by atoms with Crippen LogP contribution < -0.4 is 3.96 Å². The third kappa shape index (κ3) is 2.08. The summed E-state index contributed by atoms with van der Waals surface area (Å²) >= 11 is 7.59. The van der Waals surface area contributed by atoms with Crippen LogP contribution >= 0.6 is 23.1 Å². The largest absolute Gasteiger partial charge is 0.289 e. The van der Waals surface area contributed by atoms with Crippen molar-refractivity contribution in [2.45, 2.75) is 6.54 Å². The van der Waals surface area contributed by atoms with Gasteiger partial charge in [0.15, 0.2) is 6.54 Å². The summed E-state index contributed by atoms with van der Waals surface area (Å²) in [5, 5.41) is 2.79. The van der Waals surface area contributed by atoms with E-state index in [0.29, 0.717) is 0 Å². The van der Waals surface area contributed by atoms with Gasteiger partial charge in [0.2, 0.25) is 0 Å². The van der Waals surface area contributed by atoms with Crippen molar-refractivity contribution in [1.29, 1.82) is 0 Å². The van der Waals surface area contributed by atoms with Gasteiger partial charge >= 0.3 is 0 Å². The molecule has 0 unspecified atom stereocenters. The normalized spacial score (nSPS) is 10.2. The molecule has 0 aliphatic rings. The fraction of sp³-hybridized carbons (Fsp3) is 0.100. The van der Waals surface area contributed by atoms with E-state index in [0.717, 1.165) is 11.7 Å². The third-order valence-electron chi connectivity index (χ3n) is 1.80. The van der Waals surface area contributed by atoms with Gasteiger partial charge in [0.05, 0.1) is 5.38 Å². The van der Waals surface area contributed by atoms with Crippen LogP contribution in [0.3, 0.4) is 0 Å². The molecule has 1 heterocycles. The number of aromatic nitrogens is 1. The summed E-state index contributed by atoms with van der Waals surface area (Å²) in [6.07, 6.45) is 0. The fourth-order valence-electron chi connectivity index (χ4n) is 1.16. The molecule has 0 N–H and O–H groups in total. The molecule has 0 saturated heterocycles. The van der Waals surface area contributed by atoms with Gasteiger partial charge < -0.3 is 0 Å². The van der Waals surface area contributed by atoms with Crippen molar-refractivity contribution in [3.63, 3.8) is 0 Å². The predicted octanol–water partition coefficient (Wildman–Crippen LogP) is 2.74. The maximum atomic E-state index is 5.96. The van der Waals surface area contributed by atoms with E-state index < -0.39 is 0 Å². The molecular formula is C10H9ClNS+. The number of hydrogen-bond donors (Lipinski definition) is 0. The Bertz CT molecular complexity index is 383. The first-order chi connectivity index (χ1) is 6.36. The van der Waals surface area contributed by atoms with Gasteiger partial charge in [0, 0.05) is 11.6 Å². The Balaban J connectivity index is 2.20. The summed E-state index contributed by atoms with van der Waals surface area (Å²) in [5.74, 6) is 0. The summed E-state index contributed by atoms with van der Waals surface area (Å²) in [7, 11) is 0. The molecule has 0 atom stereocenters. The second kappa shape index (κ2) is 3.90. The van der Waals surface area contributed by atoms with E-state index in [1.807, 2.05) is 29.6 Å². The highest BCUT2D eigenvalue weighted by Gasteiger charge is 2.09. The second-order valence-electron chi connectivity index (χ2n) is 2.75. The van der Waals surface area contributed by atoms with Crippen molar-refractivity contribution in [3.8, 4) is 0 Å². The van der Waals surface area contributed by atoms with E-state index in [4.69, 9.17) is 11.6 Å². The van der Waals surface area contributed by atoms with Crippen LogP contribution in [0.15, 0.2) is 41.8 Å². The molecule has 0 radical (unpaired) electrons. The van der Waals surface area contributed by atoms with E-state index in [1.165, 1.54) is 5.56 Å². The highest BCUT2D eigenvalue weighted by Crippen LogP contribution is 2.06. The average molecular weight is 211 g/mol. The van der Waals surface area contributed by atoms with Crippen molar-refractivity contribution < 1.29 is 3.96 Å². The van der Waals surface area contributed by atoms with Crippen molar-refractivity contribution in [3.05, 3.63) is 52.5 Å². The number of rotatable bonds is 2. The van der Waals surface area contributed by atoms with Crippen molar-refractivity contribution in [2.75, 3.05) is 0 Å².